The maximum atomic E-state index is 13.9. The van der Waals surface area contributed by atoms with Crippen LogP contribution < -0.4 is 5.32 Å². The van der Waals surface area contributed by atoms with E-state index in [0.717, 1.165) is 6.07 Å². The SMILES string of the molecule is CC1(C)OC(=O)C(=CNc2c(F)cc(Br)cc2C(F)(F)F)C(=O)O1. The van der Waals surface area contributed by atoms with Gasteiger partial charge < -0.3 is 14.8 Å². The minimum atomic E-state index is -4.86. The third-order valence-electron chi connectivity index (χ3n) is 2.84. The van der Waals surface area contributed by atoms with Gasteiger partial charge in [0.05, 0.1) is 11.3 Å². The molecule has 10 heteroatoms. The minimum Gasteiger partial charge on any atom is -0.419 e. The molecule has 1 aliphatic heterocycles. The van der Waals surface area contributed by atoms with E-state index in [0.29, 0.717) is 12.3 Å². The molecular weight excluding hydrogens is 402 g/mol. The van der Waals surface area contributed by atoms with E-state index in [1.807, 2.05) is 5.32 Å². The van der Waals surface area contributed by atoms with E-state index in [4.69, 9.17) is 9.47 Å². The summed E-state index contributed by atoms with van der Waals surface area (Å²) >= 11 is 2.77. The van der Waals surface area contributed by atoms with Crippen LogP contribution in [0.4, 0.5) is 23.2 Å². The van der Waals surface area contributed by atoms with Gasteiger partial charge in [-0.05, 0) is 12.1 Å². The molecule has 5 nitrogen and oxygen atoms in total. The summed E-state index contributed by atoms with van der Waals surface area (Å²) in [4.78, 5) is 23.4. The van der Waals surface area contributed by atoms with Crippen molar-refractivity contribution < 1.29 is 36.6 Å². The molecule has 0 bridgehead atoms. The highest BCUT2D eigenvalue weighted by atomic mass is 79.9. The fourth-order valence-corrected chi connectivity index (χ4v) is 2.30. The number of alkyl halides is 3. The van der Waals surface area contributed by atoms with Crippen molar-refractivity contribution in [2.24, 2.45) is 0 Å². The molecule has 2 rings (SSSR count). The quantitative estimate of drug-likeness (QED) is 0.347. The molecule has 1 aromatic carbocycles. The zero-order valence-electron chi connectivity index (χ0n) is 12.3. The smallest absolute Gasteiger partial charge is 0.418 e. The molecule has 0 unspecified atom stereocenters. The van der Waals surface area contributed by atoms with Gasteiger partial charge in [0.2, 0.25) is 0 Å². The predicted octanol–water partition coefficient (Wildman–Crippen LogP) is 3.74. The van der Waals surface area contributed by atoms with E-state index in [1.165, 1.54) is 13.8 Å². The van der Waals surface area contributed by atoms with Crippen LogP contribution in [0, 0.1) is 5.82 Å². The van der Waals surface area contributed by atoms with Gasteiger partial charge in [0.15, 0.2) is 5.57 Å². The van der Waals surface area contributed by atoms with Crippen molar-refractivity contribution in [3.63, 3.8) is 0 Å². The van der Waals surface area contributed by atoms with Crippen LogP contribution in [0.25, 0.3) is 0 Å². The Morgan fingerprint density at radius 3 is 2.21 bits per heavy atom. The Morgan fingerprint density at radius 2 is 1.71 bits per heavy atom. The number of hydrogen-bond donors (Lipinski definition) is 1. The molecular formula is C14H10BrF4NO4. The lowest BCUT2D eigenvalue weighted by atomic mass is 10.1. The number of halogens is 5. The van der Waals surface area contributed by atoms with Gasteiger partial charge in [-0.1, -0.05) is 15.9 Å². The molecule has 1 aromatic rings. The summed E-state index contributed by atoms with van der Waals surface area (Å²) in [6.07, 6.45) is -4.25. The third-order valence-corrected chi connectivity index (χ3v) is 3.30. The normalized spacial score (nSPS) is 17.2. The summed E-state index contributed by atoms with van der Waals surface area (Å²) in [6, 6.07) is 1.46. The molecule has 1 N–H and O–H groups in total. The monoisotopic (exact) mass is 411 g/mol. The van der Waals surface area contributed by atoms with Crippen LogP contribution in [-0.4, -0.2) is 17.7 Å². The third kappa shape index (κ3) is 3.86. The van der Waals surface area contributed by atoms with Crippen LogP contribution in [0.5, 0.6) is 0 Å². The molecule has 0 atom stereocenters. The van der Waals surface area contributed by atoms with E-state index >= 15 is 0 Å². The lowest BCUT2D eigenvalue weighted by Gasteiger charge is -2.29. The fraction of sp³-hybridized carbons (Fsp3) is 0.286. The van der Waals surface area contributed by atoms with Gasteiger partial charge in [-0.25, -0.2) is 14.0 Å². The van der Waals surface area contributed by atoms with Gasteiger partial charge in [-0.15, -0.1) is 0 Å². The Bertz CT molecular complexity index is 721. The van der Waals surface area contributed by atoms with Crippen molar-refractivity contribution in [2.45, 2.75) is 25.8 Å². The number of esters is 2. The first-order valence-electron chi connectivity index (χ1n) is 6.40. The van der Waals surface area contributed by atoms with Crippen molar-refractivity contribution in [1.29, 1.82) is 0 Å². The Labute approximate surface area is 141 Å². The molecule has 0 aliphatic carbocycles. The maximum absolute atomic E-state index is 13.9. The van der Waals surface area contributed by atoms with Gasteiger partial charge in [0.25, 0.3) is 5.79 Å². The number of ether oxygens (including phenoxy) is 2. The molecule has 0 radical (unpaired) electrons. The van der Waals surface area contributed by atoms with E-state index < -0.39 is 46.5 Å². The number of cyclic esters (lactones) is 2. The van der Waals surface area contributed by atoms with E-state index in [-0.39, 0.29) is 4.47 Å². The lowest BCUT2D eigenvalue weighted by molar-refractivity contribution is -0.222. The molecule has 1 fully saturated rings. The fourth-order valence-electron chi connectivity index (χ4n) is 1.87. The van der Waals surface area contributed by atoms with Gasteiger partial charge in [0.1, 0.15) is 5.82 Å². The Balaban J connectivity index is 2.39. The molecule has 0 saturated carbocycles. The molecule has 130 valence electrons. The molecule has 0 aromatic heterocycles. The summed E-state index contributed by atoms with van der Waals surface area (Å²) in [5, 5.41) is 1.99. The van der Waals surface area contributed by atoms with Crippen LogP contribution in [-0.2, 0) is 25.2 Å². The average molecular weight is 412 g/mol. The van der Waals surface area contributed by atoms with E-state index in [2.05, 4.69) is 15.9 Å². The van der Waals surface area contributed by atoms with Crippen molar-refractivity contribution in [1.82, 2.24) is 0 Å². The first kappa shape index (κ1) is 18.2. The predicted molar refractivity (Wildman–Crippen MR) is 77.1 cm³/mol. The first-order valence-corrected chi connectivity index (χ1v) is 7.19. The van der Waals surface area contributed by atoms with Crippen LogP contribution in [0.3, 0.4) is 0 Å². The summed E-state index contributed by atoms with van der Waals surface area (Å²) in [5.41, 5.74) is -2.95. The maximum Gasteiger partial charge on any atom is 0.418 e. The lowest BCUT2D eigenvalue weighted by Crippen LogP contribution is -2.42. The van der Waals surface area contributed by atoms with E-state index in [1.54, 1.807) is 0 Å². The zero-order chi connectivity index (χ0) is 18.3. The second-order valence-electron chi connectivity index (χ2n) is 5.19. The number of nitrogens with one attached hydrogen (secondary N) is 1. The van der Waals surface area contributed by atoms with Crippen LogP contribution in [0.15, 0.2) is 28.4 Å². The molecule has 1 aliphatic rings. The van der Waals surface area contributed by atoms with Crippen molar-refractivity contribution in [2.75, 3.05) is 5.32 Å². The number of benzene rings is 1. The molecule has 1 saturated heterocycles. The number of carbonyl (C=O) groups is 2. The topological polar surface area (TPSA) is 64.6 Å². The second kappa shape index (κ2) is 6.08. The highest BCUT2D eigenvalue weighted by Gasteiger charge is 2.39. The highest BCUT2D eigenvalue weighted by molar-refractivity contribution is 9.10. The van der Waals surface area contributed by atoms with Crippen molar-refractivity contribution >= 4 is 33.6 Å². The summed E-state index contributed by atoms with van der Waals surface area (Å²) in [7, 11) is 0. The van der Waals surface area contributed by atoms with Crippen LogP contribution in [0.2, 0.25) is 0 Å². The standard InChI is InChI=1S/C14H10BrF4NO4/c1-13(2)23-11(21)7(12(22)24-13)5-20-10-8(14(17,18)19)3-6(15)4-9(10)16/h3-5,20H,1-2H3. The Morgan fingerprint density at radius 1 is 1.17 bits per heavy atom. The largest absolute Gasteiger partial charge is 0.419 e. The first-order chi connectivity index (χ1) is 10.9. The average Bonchev–Trinajstić information content (AvgIpc) is 2.36. The Hall–Kier alpha value is -2.10. The molecule has 24 heavy (non-hydrogen) atoms. The minimum absolute atomic E-state index is 0.122. The highest BCUT2D eigenvalue weighted by Crippen LogP contribution is 2.38. The van der Waals surface area contributed by atoms with Gasteiger partial charge >= 0.3 is 18.1 Å². The van der Waals surface area contributed by atoms with Crippen LogP contribution >= 0.6 is 15.9 Å². The zero-order valence-corrected chi connectivity index (χ0v) is 13.8. The molecule has 1 heterocycles. The second-order valence-corrected chi connectivity index (χ2v) is 6.10. The summed E-state index contributed by atoms with van der Waals surface area (Å²) in [5.74, 6) is -4.93. The van der Waals surface area contributed by atoms with Crippen molar-refractivity contribution in [3.8, 4) is 0 Å². The number of hydrogen-bond acceptors (Lipinski definition) is 5. The van der Waals surface area contributed by atoms with Gasteiger partial charge in [-0.3, -0.25) is 0 Å². The number of rotatable bonds is 2. The molecule has 0 spiro atoms. The van der Waals surface area contributed by atoms with Crippen molar-refractivity contribution in [3.05, 3.63) is 39.8 Å². The number of anilines is 1. The van der Waals surface area contributed by atoms with Gasteiger partial charge in [0, 0.05) is 24.5 Å². The van der Waals surface area contributed by atoms with E-state index in [9.17, 15) is 27.2 Å². The number of carbonyl (C=O) groups excluding carboxylic acids is 2. The Kier molecular flexibility index (Phi) is 4.62. The van der Waals surface area contributed by atoms with Crippen LogP contribution in [0.1, 0.15) is 19.4 Å². The molecule has 0 amide bonds. The summed E-state index contributed by atoms with van der Waals surface area (Å²) in [6.45, 7) is 2.62. The van der Waals surface area contributed by atoms with Gasteiger partial charge in [-0.2, -0.15) is 13.2 Å². The summed E-state index contributed by atoms with van der Waals surface area (Å²) < 4.78 is 62.3.